The zero-order valence-electron chi connectivity index (χ0n) is 11.4. The van der Waals surface area contributed by atoms with Crippen molar-refractivity contribution in [2.75, 3.05) is 13.7 Å². The van der Waals surface area contributed by atoms with Crippen molar-refractivity contribution < 1.29 is 14.2 Å². The van der Waals surface area contributed by atoms with Gasteiger partial charge in [0.05, 0.1) is 13.2 Å². The first-order valence-electron chi connectivity index (χ1n) is 6.90. The summed E-state index contributed by atoms with van der Waals surface area (Å²) in [6.07, 6.45) is 3.78. The highest BCUT2D eigenvalue weighted by Crippen LogP contribution is 2.23. The summed E-state index contributed by atoms with van der Waals surface area (Å²) in [4.78, 5) is 0. The van der Waals surface area contributed by atoms with Crippen LogP contribution in [-0.4, -0.2) is 24.9 Å². The number of nitrogens with one attached hydrogen (secondary N) is 1. The highest BCUT2D eigenvalue weighted by Gasteiger charge is 2.18. The Bertz CT molecular complexity index is 403. The summed E-state index contributed by atoms with van der Waals surface area (Å²) >= 11 is 0. The largest absolute Gasteiger partial charge is 0.497 e. The third kappa shape index (κ3) is 4.18. The van der Waals surface area contributed by atoms with Gasteiger partial charge in [-0.3, -0.25) is 0 Å². The summed E-state index contributed by atoms with van der Waals surface area (Å²) in [6, 6.07) is 4.94. The van der Waals surface area contributed by atoms with Crippen molar-refractivity contribution in [3.8, 4) is 5.75 Å². The average molecular weight is 267 g/mol. The van der Waals surface area contributed by atoms with E-state index in [1.165, 1.54) is 13.2 Å². The standard InChI is InChI=1S/C15H22FNO2/c1-19-14-7-4-12(15(16)8-14)10-17-9-11-2-5-13(18)6-3-11/h4,7-8,11,13,17-18H,2-3,5-6,9-10H2,1H3. The number of aliphatic hydroxyl groups excluding tert-OH is 1. The first kappa shape index (κ1) is 14.3. The molecule has 1 aromatic rings. The number of ether oxygens (including phenoxy) is 1. The average Bonchev–Trinajstić information content (AvgIpc) is 2.42. The van der Waals surface area contributed by atoms with E-state index in [-0.39, 0.29) is 11.9 Å². The van der Waals surface area contributed by atoms with E-state index in [1.807, 2.05) is 0 Å². The van der Waals surface area contributed by atoms with E-state index in [0.29, 0.717) is 23.8 Å². The molecule has 0 atom stereocenters. The molecule has 0 unspecified atom stereocenters. The Kier molecular flexibility index (Phi) is 5.16. The minimum atomic E-state index is -0.231. The second-order valence-electron chi connectivity index (χ2n) is 5.26. The minimum absolute atomic E-state index is 0.115. The Morgan fingerprint density at radius 2 is 2.05 bits per heavy atom. The Balaban J connectivity index is 1.76. The molecule has 0 saturated heterocycles. The van der Waals surface area contributed by atoms with Crippen molar-refractivity contribution in [1.29, 1.82) is 0 Å². The fourth-order valence-corrected chi connectivity index (χ4v) is 2.56. The van der Waals surface area contributed by atoms with Gasteiger partial charge in [0.25, 0.3) is 0 Å². The predicted molar refractivity (Wildman–Crippen MR) is 72.6 cm³/mol. The molecule has 0 amide bonds. The molecule has 4 heteroatoms. The molecule has 0 bridgehead atoms. The van der Waals surface area contributed by atoms with Crippen LogP contribution in [0.25, 0.3) is 0 Å². The monoisotopic (exact) mass is 267 g/mol. The van der Waals surface area contributed by atoms with Crippen molar-refractivity contribution in [3.63, 3.8) is 0 Å². The molecular weight excluding hydrogens is 245 g/mol. The molecule has 0 aliphatic heterocycles. The number of hydrogen-bond acceptors (Lipinski definition) is 3. The van der Waals surface area contributed by atoms with Crippen LogP contribution < -0.4 is 10.1 Å². The fraction of sp³-hybridized carbons (Fsp3) is 0.600. The quantitative estimate of drug-likeness (QED) is 0.861. The summed E-state index contributed by atoms with van der Waals surface area (Å²) in [5, 5.41) is 12.7. The van der Waals surface area contributed by atoms with Gasteiger partial charge in [-0.05, 0) is 44.2 Å². The molecule has 0 heterocycles. The van der Waals surface area contributed by atoms with Gasteiger partial charge in [-0.15, -0.1) is 0 Å². The van der Waals surface area contributed by atoms with Gasteiger partial charge in [-0.1, -0.05) is 6.07 Å². The maximum absolute atomic E-state index is 13.7. The Hall–Kier alpha value is -1.13. The van der Waals surface area contributed by atoms with Crippen LogP contribution in [-0.2, 0) is 6.54 Å². The molecule has 2 rings (SSSR count). The van der Waals surface area contributed by atoms with Crippen molar-refractivity contribution >= 4 is 0 Å². The van der Waals surface area contributed by atoms with E-state index in [1.54, 1.807) is 12.1 Å². The SMILES string of the molecule is COc1ccc(CNCC2CCC(O)CC2)c(F)c1. The normalized spacial score (nSPS) is 23.3. The van der Waals surface area contributed by atoms with E-state index < -0.39 is 0 Å². The number of halogens is 1. The maximum Gasteiger partial charge on any atom is 0.131 e. The lowest BCUT2D eigenvalue weighted by Gasteiger charge is -2.25. The smallest absolute Gasteiger partial charge is 0.131 e. The van der Waals surface area contributed by atoms with Crippen LogP contribution >= 0.6 is 0 Å². The number of rotatable bonds is 5. The van der Waals surface area contributed by atoms with Gasteiger partial charge in [0.1, 0.15) is 11.6 Å². The van der Waals surface area contributed by atoms with Crippen molar-refractivity contribution in [3.05, 3.63) is 29.6 Å². The third-order valence-electron chi connectivity index (χ3n) is 3.82. The molecule has 3 nitrogen and oxygen atoms in total. The van der Waals surface area contributed by atoms with E-state index in [0.717, 1.165) is 32.2 Å². The van der Waals surface area contributed by atoms with Crippen LogP contribution in [0.4, 0.5) is 4.39 Å². The van der Waals surface area contributed by atoms with Gasteiger partial charge in [-0.25, -0.2) is 4.39 Å². The van der Waals surface area contributed by atoms with Crippen LogP contribution in [0.2, 0.25) is 0 Å². The maximum atomic E-state index is 13.7. The molecule has 0 radical (unpaired) electrons. The van der Waals surface area contributed by atoms with Crippen LogP contribution in [0.5, 0.6) is 5.75 Å². The van der Waals surface area contributed by atoms with Crippen LogP contribution in [0.15, 0.2) is 18.2 Å². The van der Waals surface area contributed by atoms with E-state index >= 15 is 0 Å². The topological polar surface area (TPSA) is 41.5 Å². The Morgan fingerprint density at radius 3 is 2.68 bits per heavy atom. The Labute approximate surface area is 113 Å². The lowest BCUT2D eigenvalue weighted by atomic mass is 9.87. The highest BCUT2D eigenvalue weighted by molar-refractivity contribution is 5.28. The molecule has 1 aromatic carbocycles. The van der Waals surface area contributed by atoms with E-state index in [9.17, 15) is 9.50 Å². The first-order valence-corrected chi connectivity index (χ1v) is 6.90. The molecule has 106 valence electrons. The lowest BCUT2D eigenvalue weighted by Crippen LogP contribution is -2.27. The fourth-order valence-electron chi connectivity index (χ4n) is 2.56. The number of methoxy groups -OCH3 is 1. The predicted octanol–water partition coefficient (Wildman–Crippen LogP) is 2.48. The molecule has 2 N–H and O–H groups in total. The van der Waals surface area contributed by atoms with Crippen LogP contribution in [0.3, 0.4) is 0 Å². The highest BCUT2D eigenvalue weighted by atomic mass is 19.1. The van der Waals surface area contributed by atoms with Crippen LogP contribution in [0.1, 0.15) is 31.2 Å². The lowest BCUT2D eigenvalue weighted by molar-refractivity contribution is 0.108. The minimum Gasteiger partial charge on any atom is -0.497 e. The Morgan fingerprint density at radius 1 is 1.32 bits per heavy atom. The van der Waals surface area contributed by atoms with Crippen LogP contribution in [0, 0.1) is 11.7 Å². The molecule has 0 spiro atoms. The van der Waals surface area contributed by atoms with E-state index in [2.05, 4.69) is 5.32 Å². The van der Waals surface area contributed by atoms with Gasteiger partial charge in [0.2, 0.25) is 0 Å². The number of benzene rings is 1. The van der Waals surface area contributed by atoms with E-state index in [4.69, 9.17) is 4.74 Å². The molecule has 1 saturated carbocycles. The van der Waals surface area contributed by atoms with Crippen molar-refractivity contribution in [1.82, 2.24) is 5.32 Å². The molecular formula is C15H22FNO2. The second-order valence-corrected chi connectivity index (χ2v) is 5.26. The molecule has 19 heavy (non-hydrogen) atoms. The summed E-state index contributed by atoms with van der Waals surface area (Å²) in [6.45, 7) is 1.42. The summed E-state index contributed by atoms with van der Waals surface area (Å²) in [5.74, 6) is 0.915. The zero-order chi connectivity index (χ0) is 13.7. The first-order chi connectivity index (χ1) is 9.19. The van der Waals surface area contributed by atoms with Crippen molar-refractivity contribution in [2.45, 2.75) is 38.3 Å². The summed E-state index contributed by atoms with van der Waals surface area (Å²) in [7, 11) is 1.53. The molecule has 1 aliphatic rings. The third-order valence-corrected chi connectivity index (χ3v) is 3.82. The number of hydrogen-bond donors (Lipinski definition) is 2. The second kappa shape index (κ2) is 6.87. The summed E-state index contributed by atoms with van der Waals surface area (Å²) < 4.78 is 18.7. The molecule has 1 fully saturated rings. The van der Waals surface area contributed by atoms with Gasteiger partial charge < -0.3 is 15.2 Å². The zero-order valence-corrected chi connectivity index (χ0v) is 11.4. The van der Waals surface area contributed by atoms with Crippen molar-refractivity contribution in [2.24, 2.45) is 5.92 Å². The number of aliphatic hydroxyl groups is 1. The van der Waals surface area contributed by atoms with Gasteiger partial charge in [0.15, 0.2) is 0 Å². The summed E-state index contributed by atoms with van der Waals surface area (Å²) in [5.41, 5.74) is 0.664. The van der Waals surface area contributed by atoms with Gasteiger partial charge in [-0.2, -0.15) is 0 Å². The van der Waals surface area contributed by atoms with Gasteiger partial charge >= 0.3 is 0 Å². The van der Waals surface area contributed by atoms with Gasteiger partial charge in [0, 0.05) is 18.2 Å². The molecule has 0 aromatic heterocycles. The molecule has 1 aliphatic carbocycles.